The van der Waals surface area contributed by atoms with Gasteiger partial charge in [-0.05, 0) is 20.0 Å². The molecule has 0 aromatic carbocycles. The van der Waals surface area contributed by atoms with Gasteiger partial charge in [-0.2, -0.15) is 0 Å². The van der Waals surface area contributed by atoms with Gasteiger partial charge < -0.3 is 9.73 Å². The van der Waals surface area contributed by atoms with Gasteiger partial charge >= 0.3 is 0 Å². The van der Waals surface area contributed by atoms with Gasteiger partial charge in [-0.3, -0.25) is 4.90 Å². The smallest absolute Gasteiger partial charge is 0.153 e. The number of rotatable bonds is 4. The van der Waals surface area contributed by atoms with E-state index in [4.69, 9.17) is 4.42 Å². The van der Waals surface area contributed by atoms with E-state index in [2.05, 4.69) is 10.2 Å². The average molecular weight is 272 g/mol. The van der Waals surface area contributed by atoms with Crippen LogP contribution >= 0.6 is 0 Å². The van der Waals surface area contributed by atoms with Crippen molar-refractivity contribution in [2.45, 2.75) is 26.1 Å². The molecule has 18 heavy (non-hydrogen) atoms. The van der Waals surface area contributed by atoms with Crippen LogP contribution in [0.4, 0.5) is 0 Å². The number of nitrogens with zero attached hydrogens (tertiary/aromatic N) is 1. The summed E-state index contributed by atoms with van der Waals surface area (Å²) >= 11 is 0. The second kappa shape index (κ2) is 5.42. The molecule has 1 fully saturated rings. The fourth-order valence-electron chi connectivity index (χ4n) is 2.31. The van der Waals surface area contributed by atoms with E-state index in [-0.39, 0.29) is 17.5 Å². The van der Waals surface area contributed by atoms with Crippen molar-refractivity contribution in [3.8, 4) is 0 Å². The van der Waals surface area contributed by atoms with E-state index in [9.17, 15) is 8.42 Å². The lowest BCUT2D eigenvalue weighted by Gasteiger charge is -2.32. The van der Waals surface area contributed by atoms with Crippen LogP contribution in [0.2, 0.25) is 0 Å². The number of furan rings is 1. The predicted molar refractivity (Wildman–Crippen MR) is 70.0 cm³/mol. The first-order chi connectivity index (χ1) is 8.52. The van der Waals surface area contributed by atoms with Gasteiger partial charge in [0, 0.05) is 24.7 Å². The molecule has 0 radical (unpaired) electrons. The van der Waals surface area contributed by atoms with Crippen molar-refractivity contribution >= 4 is 9.84 Å². The molecule has 1 aliphatic heterocycles. The van der Waals surface area contributed by atoms with Crippen LogP contribution in [0.15, 0.2) is 16.7 Å². The average Bonchev–Trinajstić information content (AvgIpc) is 2.70. The zero-order valence-corrected chi connectivity index (χ0v) is 11.7. The number of hydrogen-bond acceptors (Lipinski definition) is 5. The molecule has 102 valence electrons. The van der Waals surface area contributed by atoms with Crippen LogP contribution in [0.1, 0.15) is 18.2 Å². The number of nitrogens with one attached hydrogen (secondary N) is 1. The highest BCUT2D eigenvalue weighted by Crippen LogP contribution is 2.18. The molecule has 0 bridgehead atoms. The number of sulfone groups is 1. The molecule has 0 spiro atoms. The molecule has 2 heterocycles. The summed E-state index contributed by atoms with van der Waals surface area (Å²) in [5.41, 5.74) is 1.13. The summed E-state index contributed by atoms with van der Waals surface area (Å²) in [6.45, 7) is 4.02. The molecule has 1 atom stereocenters. The molecule has 1 N–H and O–H groups in total. The molecule has 1 aromatic rings. The minimum absolute atomic E-state index is 0.0704. The highest BCUT2D eigenvalue weighted by Gasteiger charge is 2.28. The molecular weight excluding hydrogens is 252 g/mol. The van der Waals surface area contributed by atoms with Crippen LogP contribution in [0.25, 0.3) is 0 Å². The molecule has 0 aliphatic carbocycles. The summed E-state index contributed by atoms with van der Waals surface area (Å²) in [4.78, 5) is 2.20. The quantitative estimate of drug-likeness (QED) is 0.870. The maximum atomic E-state index is 11.5. The van der Waals surface area contributed by atoms with Crippen molar-refractivity contribution in [1.29, 1.82) is 0 Å². The SMILES string of the molecule is CNCc1occc1CN1CCS(=O)(=O)CC1C. The standard InChI is InChI=1S/C12H20N2O3S/c1-10-9-18(15,16)6-4-14(10)8-11-3-5-17-12(11)7-13-2/h3,5,10,13H,4,6-9H2,1-2H3. The van der Waals surface area contributed by atoms with Crippen LogP contribution < -0.4 is 5.32 Å². The molecule has 1 saturated heterocycles. The van der Waals surface area contributed by atoms with Gasteiger partial charge in [-0.1, -0.05) is 0 Å². The minimum atomic E-state index is -2.84. The molecular formula is C12H20N2O3S. The van der Waals surface area contributed by atoms with E-state index in [1.54, 1.807) is 6.26 Å². The van der Waals surface area contributed by atoms with Crippen LogP contribution in [0, 0.1) is 0 Å². The fraction of sp³-hybridized carbons (Fsp3) is 0.667. The lowest BCUT2D eigenvalue weighted by Crippen LogP contribution is -2.46. The summed E-state index contributed by atoms with van der Waals surface area (Å²) in [5, 5.41) is 3.06. The van der Waals surface area contributed by atoms with Gasteiger partial charge in [-0.25, -0.2) is 8.42 Å². The lowest BCUT2D eigenvalue weighted by atomic mass is 10.2. The van der Waals surface area contributed by atoms with Crippen LogP contribution in [0.5, 0.6) is 0 Å². The van der Waals surface area contributed by atoms with E-state index in [1.165, 1.54) is 0 Å². The van der Waals surface area contributed by atoms with E-state index >= 15 is 0 Å². The lowest BCUT2D eigenvalue weighted by molar-refractivity contribution is 0.216. The summed E-state index contributed by atoms with van der Waals surface area (Å²) < 4.78 is 28.5. The normalized spacial score (nSPS) is 24.2. The fourth-order valence-corrected chi connectivity index (χ4v) is 3.94. The van der Waals surface area contributed by atoms with Crippen molar-refractivity contribution in [1.82, 2.24) is 10.2 Å². The molecule has 0 saturated carbocycles. The first-order valence-corrected chi connectivity index (χ1v) is 7.98. The Hall–Kier alpha value is -0.850. The summed E-state index contributed by atoms with van der Waals surface area (Å²) in [5.74, 6) is 1.45. The predicted octanol–water partition coefficient (Wildman–Crippen LogP) is 0.618. The van der Waals surface area contributed by atoms with E-state index in [0.717, 1.165) is 17.9 Å². The second-order valence-electron chi connectivity index (χ2n) is 4.83. The Kier molecular flexibility index (Phi) is 4.09. The summed E-state index contributed by atoms with van der Waals surface area (Å²) in [6, 6.07) is 2.03. The van der Waals surface area contributed by atoms with Gasteiger partial charge in [0.1, 0.15) is 5.76 Å². The Balaban J connectivity index is 2.03. The molecule has 5 nitrogen and oxygen atoms in total. The largest absolute Gasteiger partial charge is 0.468 e. The van der Waals surface area contributed by atoms with Gasteiger partial charge in [0.15, 0.2) is 9.84 Å². The van der Waals surface area contributed by atoms with Gasteiger partial charge in [0.05, 0.1) is 24.3 Å². The second-order valence-corrected chi connectivity index (χ2v) is 7.06. The third-order valence-corrected chi connectivity index (χ3v) is 5.15. The van der Waals surface area contributed by atoms with E-state index in [1.807, 2.05) is 20.0 Å². The first-order valence-electron chi connectivity index (χ1n) is 6.16. The van der Waals surface area contributed by atoms with Crippen molar-refractivity contribution in [3.63, 3.8) is 0 Å². The van der Waals surface area contributed by atoms with Crippen molar-refractivity contribution < 1.29 is 12.8 Å². The Morgan fingerprint density at radius 3 is 3.00 bits per heavy atom. The maximum absolute atomic E-state index is 11.5. The van der Waals surface area contributed by atoms with Gasteiger partial charge in [0.2, 0.25) is 0 Å². The van der Waals surface area contributed by atoms with Gasteiger partial charge in [-0.15, -0.1) is 0 Å². The Morgan fingerprint density at radius 2 is 2.33 bits per heavy atom. The van der Waals surface area contributed by atoms with Crippen molar-refractivity contribution in [3.05, 3.63) is 23.7 Å². The van der Waals surface area contributed by atoms with Gasteiger partial charge in [0.25, 0.3) is 0 Å². The molecule has 2 rings (SSSR count). The summed E-state index contributed by atoms with van der Waals surface area (Å²) in [7, 11) is -0.964. The zero-order valence-electron chi connectivity index (χ0n) is 10.8. The Labute approximate surface area is 108 Å². The third kappa shape index (κ3) is 3.13. The van der Waals surface area contributed by atoms with E-state index in [0.29, 0.717) is 13.1 Å². The van der Waals surface area contributed by atoms with Crippen LogP contribution in [-0.2, 0) is 22.9 Å². The monoisotopic (exact) mass is 272 g/mol. The minimum Gasteiger partial charge on any atom is -0.468 e. The molecule has 1 unspecified atom stereocenters. The van der Waals surface area contributed by atoms with Crippen molar-refractivity contribution in [2.24, 2.45) is 0 Å². The van der Waals surface area contributed by atoms with E-state index < -0.39 is 9.84 Å². The molecule has 6 heteroatoms. The highest BCUT2D eigenvalue weighted by atomic mass is 32.2. The molecule has 0 amide bonds. The summed E-state index contributed by atoms with van der Waals surface area (Å²) in [6.07, 6.45) is 1.69. The molecule has 1 aromatic heterocycles. The first kappa shape index (κ1) is 13.6. The van der Waals surface area contributed by atoms with Crippen LogP contribution in [0.3, 0.4) is 0 Å². The highest BCUT2D eigenvalue weighted by molar-refractivity contribution is 7.91. The number of hydrogen-bond donors (Lipinski definition) is 1. The Morgan fingerprint density at radius 1 is 1.56 bits per heavy atom. The van der Waals surface area contributed by atoms with Crippen molar-refractivity contribution in [2.75, 3.05) is 25.1 Å². The molecule has 1 aliphatic rings. The third-order valence-electron chi connectivity index (χ3n) is 3.36. The zero-order chi connectivity index (χ0) is 13.2. The maximum Gasteiger partial charge on any atom is 0.153 e. The topological polar surface area (TPSA) is 62.6 Å². The van der Waals surface area contributed by atoms with Crippen LogP contribution in [-0.4, -0.2) is 44.5 Å². The Bertz CT molecular complexity index is 495.